The summed E-state index contributed by atoms with van der Waals surface area (Å²) in [5.41, 5.74) is -0.995. The van der Waals surface area contributed by atoms with E-state index in [1.165, 1.54) is 26.3 Å². The number of hydrogen-bond donors (Lipinski definition) is 1. The van der Waals surface area contributed by atoms with Crippen LogP contribution in [0.1, 0.15) is 54.7 Å². The van der Waals surface area contributed by atoms with Gasteiger partial charge >= 0.3 is 6.18 Å². The van der Waals surface area contributed by atoms with Crippen LogP contribution in [0.4, 0.5) is 13.2 Å². The second kappa shape index (κ2) is 5.72. The number of rotatable bonds is 3. The summed E-state index contributed by atoms with van der Waals surface area (Å²) in [6, 6.07) is 0. The quantitative estimate of drug-likeness (QED) is 0.799. The van der Waals surface area contributed by atoms with Crippen molar-refractivity contribution in [2.45, 2.75) is 44.7 Å². The van der Waals surface area contributed by atoms with Crippen LogP contribution in [-0.2, 0) is 13.2 Å². The van der Waals surface area contributed by atoms with Gasteiger partial charge in [0.2, 0.25) is 0 Å². The van der Waals surface area contributed by atoms with Gasteiger partial charge < -0.3 is 5.32 Å². The fourth-order valence-electron chi connectivity index (χ4n) is 5.81. The van der Waals surface area contributed by atoms with Crippen molar-refractivity contribution in [1.82, 2.24) is 15.1 Å². The number of carbonyl (C=O) groups is 1. The van der Waals surface area contributed by atoms with Crippen molar-refractivity contribution >= 4 is 21.8 Å². The van der Waals surface area contributed by atoms with Crippen LogP contribution in [0.3, 0.4) is 0 Å². The van der Waals surface area contributed by atoms with Gasteiger partial charge in [-0.2, -0.15) is 18.3 Å². The Morgan fingerprint density at radius 3 is 2.20 bits per heavy atom. The Labute approximate surface area is 152 Å². The van der Waals surface area contributed by atoms with E-state index in [0.29, 0.717) is 11.2 Å². The second-order valence-electron chi connectivity index (χ2n) is 8.23. The van der Waals surface area contributed by atoms with Crippen molar-refractivity contribution < 1.29 is 18.0 Å². The minimum Gasteiger partial charge on any atom is -0.350 e. The van der Waals surface area contributed by atoms with E-state index in [0.717, 1.165) is 37.0 Å². The Morgan fingerprint density at radius 2 is 1.76 bits per heavy atom. The average molecular weight is 420 g/mol. The molecule has 0 spiro atoms. The molecule has 1 aromatic rings. The van der Waals surface area contributed by atoms with Gasteiger partial charge in [0.25, 0.3) is 5.91 Å². The molecule has 138 valence electrons. The highest BCUT2D eigenvalue weighted by Gasteiger charge is 2.51. The lowest BCUT2D eigenvalue weighted by molar-refractivity contribution is -0.144. The largest absolute Gasteiger partial charge is 0.434 e. The smallest absolute Gasteiger partial charge is 0.350 e. The average Bonchev–Trinajstić information content (AvgIpc) is 2.78. The van der Waals surface area contributed by atoms with E-state index >= 15 is 0 Å². The number of carbonyl (C=O) groups excluding carboxylic acids is 1. The molecule has 0 saturated heterocycles. The molecule has 4 saturated carbocycles. The fraction of sp³-hybridized carbons (Fsp3) is 0.765. The summed E-state index contributed by atoms with van der Waals surface area (Å²) in [7, 11) is 1.20. The van der Waals surface area contributed by atoms with Crippen LogP contribution in [-0.4, -0.2) is 22.2 Å². The Hall–Kier alpha value is -1.05. The minimum atomic E-state index is -4.56. The highest BCUT2D eigenvalue weighted by molar-refractivity contribution is 9.10. The van der Waals surface area contributed by atoms with E-state index in [1.807, 2.05) is 0 Å². The molecule has 0 aromatic carbocycles. The molecule has 1 heterocycles. The first-order valence-corrected chi connectivity index (χ1v) is 9.54. The van der Waals surface area contributed by atoms with Gasteiger partial charge in [-0.25, -0.2) is 0 Å². The van der Waals surface area contributed by atoms with Crippen molar-refractivity contribution in [3.8, 4) is 0 Å². The summed E-state index contributed by atoms with van der Waals surface area (Å²) in [5, 5.41) is 6.66. The number of alkyl halides is 3. The topological polar surface area (TPSA) is 46.9 Å². The summed E-state index contributed by atoms with van der Waals surface area (Å²) in [5.74, 6) is 1.76. The third-order valence-electron chi connectivity index (χ3n) is 6.26. The van der Waals surface area contributed by atoms with Crippen molar-refractivity contribution in [3.05, 3.63) is 15.9 Å². The lowest BCUT2D eigenvalue weighted by atomic mass is 9.49. The molecular weight excluding hydrogens is 399 g/mol. The molecule has 4 aliphatic rings. The van der Waals surface area contributed by atoms with Gasteiger partial charge in [-0.15, -0.1) is 0 Å². The van der Waals surface area contributed by atoms with E-state index in [1.54, 1.807) is 0 Å². The van der Waals surface area contributed by atoms with Gasteiger partial charge in [-0.1, -0.05) is 0 Å². The van der Waals surface area contributed by atoms with Gasteiger partial charge in [-0.05, 0) is 77.6 Å². The predicted molar refractivity (Wildman–Crippen MR) is 88.8 cm³/mol. The zero-order valence-electron chi connectivity index (χ0n) is 14.0. The van der Waals surface area contributed by atoms with Gasteiger partial charge in [0, 0.05) is 13.6 Å². The zero-order valence-corrected chi connectivity index (χ0v) is 15.6. The Morgan fingerprint density at radius 1 is 1.24 bits per heavy atom. The molecule has 0 radical (unpaired) electrons. The van der Waals surface area contributed by atoms with Gasteiger partial charge in [-0.3, -0.25) is 9.48 Å². The number of amides is 1. The first-order valence-electron chi connectivity index (χ1n) is 8.75. The van der Waals surface area contributed by atoms with Crippen LogP contribution in [0.5, 0.6) is 0 Å². The van der Waals surface area contributed by atoms with Gasteiger partial charge in [0.1, 0.15) is 0 Å². The van der Waals surface area contributed by atoms with Crippen molar-refractivity contribution in [3.63, 3.8) is 0 Å². The van der Waals surface area contributed by atoms with Crippen LogP contribution in [0.2, 0.25) is 0 Å². The fourth-order valence-corrected chi connectivity index (χ4v) is 6.55. The molecule has 4 nitrogen and oxygen atoms in total. The van der Waals surface area contributed by atoms with E-state index in [-0.39, 0.29) is 15.6 Å². The van der Waals surface area contributed by atoms with Gasteiger partial charge in [0.15, 0.2) is 11.4 Å². The first-order chi connectivity index (χ1) is 11.7. The van der Waals surface area contributed by atoms with E-state index < -0.39 is 17.8 Å². The molecule has 4 bridgehead atoms. The van der Waals surface area contributed by atoms with Crippen molar-refractivity contribution in [2.24, 2.45) is 30.2 Å². The molecule has 1 aromatic heterocycles. The number of nitrogens with zero attached hydrogens (tertiary/aromatic N) is 2. The molecule has 8 heteroatoms. The minimum absolute atomic E-state index is 0.137. The number of aryl methyl sites for hydroxylation is 1. The second-order valence-corrected chi connectivity index (χ2v) is 9.03. The van der Waals surface area contributed by atoms with E-state index in [9.17, 15) is 18.0 Å². The molecule has 0 unspecified atom stereocenters. The number of nitrogens with one attached hydrogen (secondary N) is 1. The molecule has 4 fully saturated rings. The summed E-state index contributed by atoms with van der Waals surface area (Å²) in [6.07, 6.45) is 2.79. The monoisotopic (exact) mass is 419 g/mol. The molecule has 4 aliphatic carbocycles. The normalized spacial score (nSPS) is 33.7. The summed E-state index contributed by atoms with van der Waals surface area (Å²) in [6.45, 7) is 0.541. The maximum Gasteiger partial charge on any atom is 0.434 e. The molecular formula is C17H21BrF3N3O. The Balaban J connectivity index is 1.48. The predicted octanol–water partition coefficient (Wildman–Crippen LogP) is 4.15. The van der Waals surface area contributed by atoms with E-state index in [4.69, 9.17) is 0 Å². The van der Waals surface area contributed by atoms with Crippen LogP contribution < -0.4 is 5.32 Å². The molecule has 0 aliphatic heterocycles. The number of aromatic nitrogens is 2. The SMILES string of the molecule is Cn1nc(C(=O)NCC23CC4CC(CC(C4)C2)C3)c(Br)c1C(F)(F)F. The van der Waals surface area contributed by atoms with Crippen LogP contribution in [0.15, 0.2) is 4.47 Å². The molecule has 1 N–H and O–H groups in total. The maximum atomic E-state index is 13.1. The number of halogens is 4. The molecule has 5 rings (SSSR count). The third kappa shape index (κ3) is 3.00. The van der Waals surface area contributed by atoms with E-state index in [2.05, 4.69) is 26.3 Å². The van der Waals surface area contributed by atoms with Crippen molar-refractivity contribution in [2.75, 3.05) is 6.54 Å². The lowest BCUT2D eigenvalue weighted by Gasteiger charge is -2.56. The number of hydrogen-bond acceptors (Lipinski definition) is 2. The molecule has 1 amide bonds. The van der Waals surface area contributed by atoms with Crippen LogP contribution in [0, 0.1) is 23.2 Å². The first kappa shape index (κ1) is 17.4. The third-order valence-corrected chi connectivity index (χ3v) is 7.01. The summed E-state index contributed by atoms with van der Waals surface area (Å²) in [4.78, 5) is 12.5. The summed E-state index contributed by atoms with van der Waals surface area (Å²) < 4.78 is 39.6. The molecule has 25 heavy (non-hydrogen) atoms. The lowest BCUT2D eigenvalue weighted by Crippen LogP contribution is -2.51. The summed E-state index contributed by atoms with van der Waals surface area (Å²) >= 11 is 2.91. The zero-order chi connectivity index (χ0) is 18.0. The maximum absolute atomic E-state index is 13.1. The van der Waals surface area contributed by atoms with Crippen LogP contribution >= 0.6 is 15.9 Å². The Kier molecular flexibility index (Phi) is 3.98. The van der Waals surface area contributed by atoms with Crippen molar-refractivity contribution in [1.29, 1.82) is 0 Å². The molecule has 0 atom stereocenters. The highest BCUT2D eigenvalue weighted by Crippen LogP contribution is 2.59. The Bertz CT molecular complexity index is 677. The standard InChI is InChI=1S/C17H21BrF3N3O/c1-24-14(17(19,20)21)12(18)13(23-24)15(25)22-8-16-5-9-2-10(6-16)4-11(3-9)7-16/h9-11H,2-8H2,1H3,(H,22,25). The van der Waals surface area contributed by atoms with Crippen LogP contribution in [0.25, 0.3) is 0 Å². The van der Waals surface area contributed by atoms with Gasteiger partial charge in [0.05, 0.1) is 4.47 Å². The highest BCUT2D eigenvalue weighted by atomic mass is 79.9.